The molecular formula is C17H17F2NO2. The van der Waals surface area contributed by atoms with Crippen LogP contribution >= 0.6 is 0 Å². The third-order valence-corrected chi connectivity index (χ3v) is 3.13. The van der Waals surface area contributed by atoms with Gasteiger partial charge in [-0.05, 0) is 24.6 Å². The third kappa shape index (κ3) is 3.61. The number of esters is 1. The molecule has 1 unspecified atom stereocenters. The molecule has 5 heteroatoms. The number of alkyl halides is 2. The van der Waals surface area contributed by atoms with Crippen molar-refractivity contribution < 1.29 is 18.3 Å². The Morgan fingerprint density at radius 3 is 2.18 bits per heavy atom. The van der Waals surface area contributed by atoms with Crippen LogP contribution in [-0.2, 0) is 9.53 Å². The third-order valence-electron chi connectivity index (χ3n) is 3.13. The SMILES string of the molecule is CCOC(=O)C(F)(F)C(Nc1ccccc1)c1ccccc1. The van der Waals surface area contributed by atoms with Crippen molar-refractivity contribution in [3.05, 3.63) is 66.2 Å². The van der Waals surface area contributed by atoms with E-state index in [4.69, 9.17) is 0 Å². The minimum Gasteiger partial charge on any atom is -0.461 e. The van der Waals surface area contributed by atoms with Crippen LogP contribution in [0.1, 0.15) is 18.5 Å². The lowest BCUT2D eigenvalue weighted by atomic mass is 10.00. The molecule has 0 saturated carbocycles. The van der Waals surface area contributed by atoms with E-state index in [0.29, 0.717) is 11.3 Å². The number of halogens is 2. The average Bonchev–Trinajstić information content (AvgIpc) is 2.54. The van der Waals surface area contributed by atoms with Gasteiger partial charge < -0.3 is 10.1 Å². The highest BCUT2D eigenvalue weighted by Crippen LogP contribution is 2.35. The second kappa shape index (κ2) is 7.02. The lowest BCUT2D eigenvalue weighted by Crippen LogP contribution is -2.41. The van der Waals surface area contributed by atoms with E-state index in [1.165, 1.54) is 6.92 Å². The fourth-order valence-corrected chi connectivity index (χ4v) is 2.07. The molecule has 0 heterocycles. The number of rotatable bonds is 6. The molecule has 116 valence electrons. The fraction of sp³-hybridized carbons (Fsp3) is 0.235. The van der Waals surface area contributed by atoms with Crippen LogP contribution in [0.25, 0.3) is 0 Å². The second-order valence-corrected chi connectivity index (χ2v) is 4.70. The molecule has 0 amide bonds. The lowest BCUT2D eigenvalue weighted by Gasteiger charge is -2.27. The zero-order valence-electron chi connectivity index (χ0n) is 12.1. The molecule has 0 aliphatic rings. The molecule has 1 atom stereocenters. The van der Waals surface area contributed by atoms with Gasteiger partial charge in [0.15, 0.2) is 0 Å². The molecule has 22 heavy (non-hydrogen) atoms. The van der Waals surface area contributed by atoms with Crippen LogP contribution in [0.2, 0.25) is 0 Å². The quantitative estimate of drug-likeness (QED) is 0.819. The number of benzene rings is 2. The number of para-hydroxylation sites is 1. The van der Waals surface area contributed by atoms with Gasteiger partial charge in [-0.1, -0.05) is 48.5 Å². The Morgan fingerprint density at radius 2 is 1.64 bits per heavy atom. The van der Waals surface area contributed by atoms with Crippen molar-refractivity contribution in [2.75, 3.05) is 11.9 Å². The molecule has 0 saturated heterocycles. The Morgan fingerprint density at radius 1 is 1.09 bits per heavy atom. The van der Waals surface area contributed by atoms with Crippen molar-refractivity contribution in [3.8, 4) is 0 Å². The minimum absolute atomic E-state index is 0.0960. The van der Waals surface area contributed by atoms with Gasteiger partial charge in [0.25, 0.3) is 0 Å². The highest BCUT2D eigenvalue weighted by atomic mass is 19.3. The van der Waals surface area contributed by atoms with Gasteiger partial charge in [-0.2, -0.15) is 8.78 Å². The normalized spacial score (nSPS) is 12.5. The van der Waals surface area contributed by atoms with Crippen LogP contribution in [0.3, 0.4) is 0 Å². The van der Waals surface area contributed by atoms with Crippen LogP contribution in [0.15, 0.2) is 60.7 Å². The summed E-state index contributed by atoms with van der Waals surface area (Å²) in [5, 5.41) is 2.72. The number of anilines is 1. The number of ether oxygens (including phenoxy) is 1. The summed E-state index contributed by atoms with van der Waals surface area (Å²) in [6.45, 7) is 1.40. The maximum atomic E-state index is 14.5. The van der Waals surface area contributed by atoms with Gasteiger partial charge in [0.05, 0.1) is 6.61 Å². The topological polar surface area (TPSA) is 38.3 Å². The molecular weight excluding hydrogens is 288 g/mol. The van der Waals surface area contributed by atoms with Crippen LogP contribution in [-0.4, -0.2) is 18.5 Å². The van der Waals surface area contributed by atoms with Crippen LogP contribution in [0, 0.1) is 0 Å². The van der Waals surface area contributed by atoms with E-state index in [1.54, 1.807) is 60.7 Å². The summed E-state index contributed by atoms with van der Waals surface area (Å²) in [5.41, 5.74) is 0.810. The molecule has 3 nitrogen and oxygen atoms in total. The summed E-state index contributed by atoms with van der Waals surface area (Å²) < 4.78 is 33.5. The van der Waals surface area contributed by atoms with Crippen LogP contribution in [0.5, 0.6) is 0 Å². The molecule has 0 fully saturated rings. The highest BCUT2D eigenvalue weighted by Gasteiger charge is 2.49. The maximum absolute atomic E-state index is 14.5. The predicted octanol–water partition coefficient (Wildman–Crippen LogP) is 4.04. The van der Waals surface area contributed by atoms with Crippen molar-refractivity contribution in [1.82, 2.24) is 0 Å². The van der Waals surface area contributed by atoms with E-state index >= 15 is 0 Å². The van der Waals surface area contributed by atoms with E-state index < -0.39 is 17.9 Å². The summed E-state index contributed by atoms with van der Waals surface area (Å²) >= 11 is 0. The van der Waals surface area contributed by atoms with Gasteiger partial charge in [0.1, 0.15) is 6.04 Å². The molecule has 0 aliphatic carbocycles. The first kappa shape index (κ1) is 15.9. The first-order valence-electron chi connectivity index (χ1n) is 6.97. The summed E-state index contributed by atoms with van der Waals surface area (Å²) in [4.78, 5) is 11.7. The monoisotopic (exact) mass is 305 g/mol. The first-order valence-corrected chi connectivity index (χ1v) is 6.97. The number of carbonyl (C=O) groups is 1. The number of hydrogen-bond donors (Lipinski definition) is 1. The van der Waals surface area contributed by atoms with Crippen molar-refractivity contribution in [2.24, 2.45) is 0 Å². The number of nitrogens with one attached hydrogen (secondary N) is 1. The van der Waals surface area contributed by atoms with E-state index in [0.717, 1.165) is 0 Å². The predicted molar refractivity (Wildman–Crippen MR) is 80.8 cm³/mol. The molecule has 2 aromatic carbocycles. The zero-order valence-corrected chi connectivity index (χ0v) is 12.1. The fourth-order valence-electron chi connectivity index (χ4n) is 2.07. The van der Waals surface area contributed by atoms with E-state index in [-0.39, 0.29) is 6.61 Å². The molecule has 2 aromatic rings. The van der Waals surface area contributed by atoms with Gasteiger partial charge in [-0.15, -0.1) is 0 Å². The molecule has 0 aliphatic heterocycles. The Kier molecular flexibility index (Phi) is 5.09. The first-order chi connectivity index (χ1) is 10.6. The summed E-state index contributed by atoms with van der Waals surface area (Å²) in [7, 11) is 0. The number of carbonyl (C=O) groups excluding carboxylic acids is 1. The van der Waals surface area contributed by atoms with Gasteiger partial charge >= 0.3 is 11.9 Å². The van der Waals surface area contributed by atoms with E-state index in [2.05, 4.69) is 10.1 Å². The van der Waals surface area contributed by atoms with Crippen molar-refractivity contribution >= 4 is 11.7 Å². The van der Waals surface area contributed by atoms with Crippen molar-refractivity contribution in [1.29, 1.82) is 0 Å². The Labute approximate surface area is 127 Å². The van der Waals surface area contributed by atoms with Crippen molar-refractivity contribution in [2.45, 2.75) is 18.9 Å². The van der Waals surface area contributed by atoms with Gasteiger partial charge in [-0.25, -0.2) is 4.79 Å². The molecule has 0 aromatic heterocycles. The van der Waals surface area contributed by atoms with Gasteiger partial charge in [0, 0.05) is 5.69 Å². The number of hydrogen-bond acceptors (Lipinski definition) is 3. The molecule has 1 N–H and O–H groups in total. The summed E-state index contributed by atoms with van der Waals surface area (Å²) in [6.07, 6.45) is 0. The molecule has 0 radical (unpaired) electrons. The summed E-state index contributed by atoms with van der Waals surface area (Å²) in [5.74, 6) is -5.22. The van der Waals surface area contributed by atoms with Gasteiger partial charge in [0.2, 0.25) is 0 Å². The highest BCUT2D eigenvalue weighted by molar-refractivity contribution is 5.79. The van der Waals surface area contributed by atoms with E-state index in [9.17, 15) is 13.6 Å². The van der Waals surface area contributed by atoms with Crippen LogP contribution in [0.4, 0.5) is 14.5 Å². The average molecular weight is 305 g/mol. The Bertz CT molecular complexity index is 603. The van der Waals surface area contributed by atoms with E-state index in [1.807, 2.05) is 0 Å². The molecule has 2 rings (SSSR count). The standard InChI is InChI=1S/C17H17F2NO2/c1-2-22-16(21)17(18,19)15(13-9-5-3-6-10-13)20-14-11-7-4-8-12-14/h3-12,15,20H,2H2,1H3. The second-order valence-electron chi connectivity index (χ2n) is 4.70. The Hall–Kier alpha value is -2.43. The molecule has 0 spiro atoms. The zero-order chi connectivity index (χ0) is 16.0. The minimum atomic E-state index is -3.69. The van der Waals surface area contributed by atoms with Gasteiger partial charge in [-0.3, -0.25) is 0 Å². The lowest BCUT2D eigenvalue weighted by molar-refractivity contribution is -0.173. The van der Waals surface area contributed by atoms with Crippen molar-refractivity contribution in [3.63, 3.8) is 0 Å². The van der Waals surface area contributed by atoms with Crippen LogP contribution < -0.4 is 5.32 Å². The Balaban J connectivity index is 2.35. The smallest absolute Gasteiger partial charge is 0.379 e. The maximum Gasteiger partial charge on any atom is 0.379 e. The largest absolute Gasteiger partial charge is 0.461 e. The summed E-state index contributed by atoms with van der Waals surface area (Å²) in [6, 6.07) is 15.2. The molecule has 0 bridgehead atoms.